The summed E-state index contributed by atoms with van der Waals surface area (Å²) in [5.74, 6) is -0.681. The zero-order chi connectivity index (χ0) is 15.5. The molecule has 4 amide bonds. The van der Waals surface area contributed by atoms with Gasteiger partial charge >= 0.3 is 6.03 Å². The molecule has 3 heterocycles. The van der Waals surface area contributed by atoms with E-state index in [1.54, 1.807) is 23.5 Å². The Balaban J connectivity index is 1.63. The molecular formula is C13H15N5O4. The van der Waals surface area contributed by atoms with E-state index < -0.39 is 11.9 Å². The highest BCUT2D eigenvalue weighted by Gasteiger charge is 2.33. The second-order valence-corrected chi connectivity index (χ2v) is 4.97. The monoisotopic (exact) mass is 305 g/mol. The van der Waals surface area contributed by atoms with Crippen LogP contribution in [0.1, 0.15) is 11.8 Å². The van der Waals surface area contributed by atoms with Gasteiger partial charge in [-0.25, -0.2) is 4.79 Å². The maximum atomic E-state index is 12.3. The SMILES string of the molecule is O=C(CN1C(=O)CNC1=O)N1CCO[C@@H](c2cnccn2)C1. The fraction of sp³-hybridized carbons (Fsp3) is 0.462. The third-order valence-corrected chi connectivity index (χ3v) is 3.56. The summed E-state index contributed by atoms with van der Waals surface area (Å²) in [6, 6.07) is -0.530. The summed E-state index contributed by atoms with van der Waals surface area (Å²) in [7, 11) is 0. The Bertz CT molecular complexity index is 577. The van der Waals surface area contributed by atoms with E-state index in [9.17, 15) is 14.4 Å². The molecule has 1 N–H and O–H groups in total. The Morgan fingerprint density at radius 3 is 2.95 bits per heavy atom. The Morgan fingerprint density at radius 2 is 2.27 bits per heavy atom. The average molecular weight is 305 g/mol. The van der Waals surface area contributed by atoms with Crippen LogP contribution in [0, 0.1) is 0 Å². The standard InChI is InChI=1S/C13H15N5O4/c19-11-6-16-13(21)18(11)8-12(20)17-3-4-22-10(7-17)9-5-14-1-2-15-9/h1-2,5,10H,3-4,6-8H2,(H,16,21)/t10-/m1/s1. The van der Waals surface area contributed by atoms with Crippen molar-refractivity contribution in [3.8, 4) is 0 Å². The number of nitrogens with zero attached hydrogens (tertiary/aromatic N) is 4. The van der Waals surface area contributed by atoms with E-state index in [1.165, 1.54) is 0 Å². The normalized spacial score (nSPS) is 21.9. The van der Waals surface area contributed by atoms with Gasteiger partial charge in [0.2, 0.25) is 5.91 Å². The third kappa shape index (κ3) is 2.89. The molecule has 22 heavy (non-hydrogen) atoms. The number of hydrogen-bond acceptors (Lipinski definition) is 6. The van der Waals surface area contributed by atoms with Crippen LogP contribution in [0.4, 0.5) is 4.79 Å². The quantitative estimate of drug-likeness (QED) is 0.713. The number of hydrogen-bond donors (Lipinski definition) is 1. The van der Waals surface area contributed by atoms with Gasteiger partial charge in [-0.3, -0.25) is 24.5 Å². The van der Waals surface area contributed by atoms with Crippen LogP contribution in [-0.2, 0) is 14.3 Å². The first-order valence-corrected chi connectivity index (χ1v) is 6.88. The van der Waals surface area contributed by atoms with Gasteiger partial charge in [0.1, 0.15) is 12.6 Å². The molecule has 0 aliphatic carbocycles. The molecule has 0 spiro atoms. The summed E-state index contributed by atoms with van der Waals surface area (Å²) in [6.07, 6.45) is 4.37. The average Bonchev–Trinajstić information content (AvgIpc) is 2.88. The molecule has 0 bridgehead atoms. The lowest BCUT2D eigenvalue weighted by molar-refractivity contribution is -0.142. The molecule has 116 valence electrons. The Hall–Kier alpha value is -2.55. The zero-order valence-corrected chi connectivity index (χ0v) is 11.8. The van der Waals surface area contributed by atoms with Crippen molar-refractivity contribution in [2.75, 3.05) is 32.8 Å². The molecular weight excluding hydrogens is 290 g/mol. The third-order valence-electron chi connectivity index (χ3n) is 3.56. The number of ether oxygens (including phenoxy) is 1. The fourth-order valence-electron chi connectivity index (χ4n) is 2.38. The minimum absolute atomic E-state index is 0.0581. The number of rotatable bonds is 3. The van der Waals surface area contributed by atoms with Crippen molar-refractivity contribution in [2.24, 2.45) is 0 Å². The number of carbonyl (C=O) groups excluding carboxylic acids is 3. The number of imide groups is 1. The van der Waals surface area contributed by atoms with Crippen molar-refractivity contribution < 1.29 is 19.1 Å². The summed E-state index contributed by atoms with van der Waals surface area (Å²) >= 11 is 0. The highest BCUT2D eigenvalue weighted by atomic mass is 16.5. The molecule has 0 aromatic carbocycles. The predicted molar refractivity (Wildman–Crippen MR) is 72.4 cm³/mol. The highest BCUT2D eigenvalue weighted by Crippen LogP contribution is 2.19. The van der Waals surface area contributed by atoms with Crippen molar-refractivity contribution in [1.29, 1.82) is 0 Å². The molecule has 0 saturated carbocycles. The summed E-state index contributed by atoms with van der Waals surface area (Å²) < 4.78 is 5.60. The van der Waals surface area contributed by atoms with E-state index in [-0.39, 0.29) is 25.1 Å². The van der Waals surface area contributed by atoms with Crippen LogP contribution in [0.25, 0.3) is 0 Å². The first-order valence-electron chi connectivity index (χ1n) is 6.88. The number of amides is 4. The molecule has 0 radical (unpaired) electrons. The summed E-state index contributed by atoms with van der Waals surface area (Å²) in [5.41, 5.74) is 0.648. The summed E-state index contributed by atoms with van der Waals surface area (Å²) in [4.78, 5) is 45.9. The van der Waals surface area contributed by atoms with Gasteiger partial charge in [0, 0.05) is 18.9 Å². The second kappa shape index (κ2) is 6.06. The lowest BCUT2D eigenvalue weighted by Crippen LogP contribution is -2.48. The van der Waals surface area contributed by atoms with Crippen molar-refractivity contribution in [2.45, 2.75) is 6.10 Å². The van der Waals surface area contributed by atoms with Crippen LogP contribution >= 0.6 is 0 Å². The maximum absolute atomic E-state index is 12.3. The van der Waals surface area contributed by atoms with Crippen LogP contribution in [-0.4, -0.2) is 70.4 Å². The molecule has 0 unspecified atom stereocenters. The van der Waals surface area contributed by atoms with Gasteiger partial charge in [0.25, 0.3) is 5.91 Å². The van der Waals surface area contributed by atoms with Crippen LogP contribution in [0.3, 0.4) is 0 Å². The second-order valence-electron chi connectivity index (χ2n) is 4.97. The van der Waals surface area contributed by atoms with E-state index >= 15 is 0 Å². The minimum Gasteiger partial charge on any atom is -0.368 e. The van der Waals surface area contributed by atoms with Gasteiger partial charge in [-0.1, -0.05) is 0 Å². The van der Waals surface area contributed by atoms with Crippen LogP contribution in [0.5, 0.6) is 0 Å². The van der Waals surface area contributed by atoms with Gasteiger partial charge in [-0.2, -0.15) is 0 Å². The van der Waals surface area contributed by atoms with Crippen LogP contribution in [0.2, 0.25) is 0 Å². The zero-order valence-electron chi connectivity index (χ0n) is 11.8. The fourth-order valence-corrected chi connectivity index (χ4v) is 2.38. The van der Waals surface area contributed by atoms with E-state index in [0.717, 1.165) is 4.90 Å². The van der Waals surface area contributed by atoms with E-state index in [0.29, 0.717) is 25.4 Å². The molecule has 1 atom stereocenters. The number of carbonyl (C=O) groups is 3. The van der Waals surface area contributed by atoms with Crippen LogP contribution in [0.15, 0.2) is 18.6 Å². The smallest absolute Gasteiger partial charge is 0.325 e. The number of urea groups is 1. The largest absolute Gasteiger partial charge is 0.368 e. The molecule has 3 rings (SSSR count). The maximum Gasteiger partial charge on any atom is 0.325 e. The summed E-state index contributed by atoms with van der Waals surface area (Å²) in [5, 5.41) is 2.39. The van der Waals surface area contributed by atoms with Gasteiger partial charge in [-0.05, 0) is 0 Å². The number of nitrogens with one attached hydrogen (secondary N) is 1. The molecule has 2 fully saturated rings. The first kappa shape index (κ1) is 14.4. The van der Waals surface area contributed by atoms with E-state index in [1.807, 2.05) is 0 Å². The lowest BCUT2D eigenvalue weighted by atomic mass is 10.2. The van der Waals surface area contributed by atoms with Crippen molar-refractivity contribution in [3.05, 3.63) is 24.3 Å². The van der Waals surface area contributed by atoms with Crippen LogP contribution < -0.4 is 5.32 Å². The van der Waals surface area contributed by atoms with Crippen molar-refractivity contribution in [3.63, 3.8) is 0 Å². The molecule has 1 aromatic heterocycles. The molecule has 1 aromatic rings. The van der Waals surface area contributed by atoms with Gasteiger partial charge < -0.3 is 15.0 Å². The Morgan fingerprint density at radius 1 is 1.41 bits per heavy atom. The first-order chi connectivity index (χ1) is 10.6. The highest BCUT2D eigenvalue weighted by molar-refractivity contribution is 6.04. The predicted octanol–water partition coefficient (Wildman–Crippen LogP) is -1.07. The molecule has 2 saturated heterocycles. The molecule has 2 aliphatic rings. The van der Waals surface area contributed by atoms with Gasteiger partial charge in [0.15, 0.2) is 0 Å². The van der Waals surface area contributed by atoms with E-state index in [2.05, 4.69) is 15.3 Å². The van der Waals surface area contributed by atoms with Gasteiger partial charge in [-0.15, -0.1) is 0 Å². The molecule has 9 heteroatoms. The van der Waals surface area contributed by atoms with Crippen molar-refractivity contribution in [1.82, 2.24) is 25.1 Å². The van der Waals surface area contributed by atoms with Crippen molar-refractivity contribution >= 4 is 17.8 Å². The topological polar surface area (TPSA) is 105 Å². The lowest BCUT2D eigenvalue weighted by Gasteiger charge is -2.33. The molecule has 9 nitrogen and oxygen atoms in total. The van der Waals surface area contributed by atoms with Gasteiger partial charge in [0.05, 0.1) is 31.6 Å². The summed E-state index contributed by atoms with van der Waals surface area (Å²) in [6.45, 7) is 0.794. The number of morpholine rings is 1. The number of aromatic nitrogens is 2. The minimum atomic E-state index is -0.530. The van der Waals surface area contributed by atoms with E-state index in [4.69, 9.17) is 4.74 Å². The molecule has 2 aliphatic heterocycles. The Labute approximate surface area is 126 Å². The Kier molecular flexibility index (Phi) is 3.96.